The normalized spacial score (nSPS) is 17.1. The molecule has 1 N–H and O–H groups in total. The van der Waals surface area contributed by atoms with Crippen LogP contribution < -0.4 is 19.3 Å². The van der Waals surface area contributed by atoms with Crippen molar-refractivity contribution in [1.82, 2.24) is 29.2 Å². The predicted octanol–water partition coefficient (Wildman–Crippen LogP) is 1.12. The average Bonchev–Trinajstić information content (AvgIpc) is 3.26. The van der Waals surface area contributed by atoms with Gasteiger partial charge in [-0.05, 0) is 19.1 Å². The number of imidazole rings is 1. The van der Waals surface area contributed by atoms with Gasteiger partial charge in [-0.2, -0.15) is 15.0 Å². The van der Waals surface area contributed by atoms with E-state index in [1.807, 2.05) is 4.90 Å². The SMILES string of the molecule is CCS(=O)(=O)NC1CN(c2nc(N3CCOCC3)nc(-n3c(C(F)F)nc4c(OC)cccc43)n2)C1. The third-order valence-electron chi connectivity index (χ3n) is 6.07. The maximum absolute atomic E-state index is 14.1. The van der Waals surface area contributed by atoms with E-state index in [0.29, 0.717) is 56.6 Å². The number of para-hydroxylation sites is 1. The lowest BCUT2D eigenvalue weighted by Crippen LogP contribution is -2.60. The molecule has 0 saturated carbocycles. The second-order valence-corrected chi connectivity index (χ2v) is 10.4. The molecule has 15 heteroatoms. The summed E-state index contributed by atoms with van der Waals surface area (Å²) in [6, 6.07) is 4.68. The van der Waals surface area contributed by atoms with Gasteiger partial charge < -0.3 is 19.3 Å². The van der Waals surface area contributed by atoms with Crippen molar-refractivity contribution in [3.05, 3.63) is 24.0 Å². The summed E-state index contributed by atoms with van der Waals surface area (Å²) in [6.45, 7) is 4.26. The van der Waals surface area contributed by atoms with Gasteiger partial charge in [-0.3, -0.25) is 4.57 Å². The highest BCUT2D eigenvalue weighted by atomic mass is 32.2. The van der Waals surface area contributed by atoms with Crippen LogP contribution in [0.15, 0.2) is 18.2 Å². The van der Waals surface area contributed by atoms with Crippen LogP contribution in [0.25, 0.3) is 17.0 Å². The highest BCUT2D eigenvalue weighted by Crippen LogP contribution is 2.32. The van der Waals surface area contributed by atoms with Gasteiger partial charge in [0.05, 0.1) is 37.6 Å². The fourth-order valence-corrected chi connectivity index (χ4v) is 4.98. The standard InChI is InChI=1S/C21H26F2N8O4S/c1-3-36(32,33)28-13-11-30(12-13)20-25-19(29-7-9-35-10-8-29)26-21(27-20)31-14-5-4-6-15(34-2)16(14)24-18(31)17(22)23/h4-6,13,17,28H,3,7-12H2,1-2H3. The van der Waals surface area contributed by atoms with E-state index in [1.165, 1.54) is 11.7 Å². The monoisotopic (exact) mass is 524 g/mol. The summed E-state index contributed by atoms with van der Waals surface area (Å²) in [5, 5.41) is 0. The molecule has 2 saturated heterocycles. The van der Waals surface area contributed by atoms with Gasteiger partial charge in [-0.1, -0.05) is 6.07 Å². The number of sulfonamides is 1. The van der Waals surface area contributed by atoms with Gasteiger partial charge in [0.2, 0.25) is 27.9 Å². The van der Waals surface area contributed by atoms with Gasteiger partial charge in [-0.25, -0.2) is 26.9 Å². The minimum atomic E-state index is -3.36. The lowest BCUT2D eigenvalue weighted by Gasteiger charge is -2.39. The van der Waals surface area contributed by atoms with Gasteiger partial charge in [0.25, 0.3) is 6.43 Å². The molecule has 1 aromatic carbocycles. The molecular weight excluding hydrogens is 498 g/mol. The molecule has 3 aromatic rings. The second-order valence-electron chi connectivity index (χ2n) is 8.39. The summed E-state index contributed by atoms with van der Waals surface area (Å²) in [6.07, 6.45) is -2.90. The van der Waals surface area contributed by atoms with Gasteiger partial charge in [0.1, 0.15) is 11.3 Å². The zero-order chi connectivity index (χ0) is 25.4. The van der Waals surface area contributed by atoms with Crippen molar-refractivity contribution in [1.29, 1.82) is 0 Å². The van der Waals surface area contributed by atoms with Crippen molar-refractivity contribution in [3.63, 3.8) is 0 Å². The van der Waals surface area contributed by atoms with Crippen LogP contribution in [0.1, 0.15) is 19.2 Å². The Morgan fingerprint density at radius 3 is 2.39 bits per heavy atom. The van der Waals surface area contributed by atoms with Crippen LogP contribution in [0.5, 0.6) is 5.75 Å². The Bertz CT molecular complexity index is 1360. The van der Waals surface area contributed by atoms with Crippen molar-refractivity contribution in [2.45, 2.75) is 19.4 Å². The molecule has 0 spiro atoms. The Labute approximate surface area is 206 Å². The predicted molar refractivity (Wildman–Crippen MR) is 128 cm³/mol. The first kappa shape index (κ1) is 24.5. The highest BCUT2D eigenvalue weighted by molar-refractivity contribution is 7.89. The zero-order valence-electron chi connectivity index (χ0n) is 19.8. The quantitative estimate of drug-likeness (QED) is 0.458. The number of hydrogen-bond donors (Lipinski definition) is 1. The summed E-state index contributed by atoms with van der Waals surface area (Å²) < 4.78 is 66.7. The van der Waals surface area contributed by atoms with Crippen LogP contribution in [-0.4, -0.2) is 91.2 Å². The van der Waals surface area contributed by atoms with Crippen LogP contribution in [0.3, 0.4) is 0 Å². The fraction of sp³-hybridized carbons (Fsp3) is 0.524. The van der Waals surface area contributed by atoms with Crippen LogP contribution in [0.4, 0.5) is 20.7 Å². The smallest absolute Gasteiger partial charge is 0.296 e. The molecule has 5 rings (SSSR count). The molecule has 0 aliphatic carbocycles. The van der Waals surface area contributed by atoms with Gasteiger partial charge in [0.15, 0.2) is 5.82 Å². The molecule has 0 bridgehead atoms. The van der Waals surface area contributed by atoms with E-state index in [0.717, 1.165) is 0 Å². The van der Waals surface area contributed by atoms with Gasteiger partial charge in [0, 0.05) is 26.2 Å². The molecule has 2 fully saturated rings. The van der Waals surface area contributed by atoms with Crippen molar-refractivity contribution < 1.29 is 26.7 Å². The number of benzene rings is 1. The summed E-state index contributed by atoms with van der Waals surface area (Å²) >= 11 is 0. The first-order chi connectivity index (χ1) is 17.3. The molecular formula is C21H26F2N8O4S. The van der Waals surface area contributed by atoms with Crippen LogP contribution >= 0.6 is 0 Å². The molecule has 2 aliphatic rings. The van der Waals surface area contributed by atoms with E-state index < -0.39 is 22.3 Å². The van der Waals surface area contributed by atoms with E-state index in [9.17, 15) is 17.2 Å². The molecule has 4 heterocycles. The molecule has 2 aromatic heterocycles. The fourth-order valence-electron chi connectivity index (χ4n) is 4.16. The number of fused-ring (bicyclic) bond motifs is 1. The minimum Gasteiger partial charge on any atom is -0.494 e. The number of halogens is 2. The zero-order valence-corrected chi connectivity index (χ0v) is 20.6. The molecule has 36 heavy (non-hydrogen) atoms. The number of aromatic nitrogens is 5. The lowest BCUT2D eigenvalue weighted by molar-refractivity contribution is 0.122. The van der Waals surface area contributed by atoms with Crippen LogP contribution in [0, 0.1) is 0 Å². The number of ether oxygens (including phenoxy) is 2. The summed E-state index contributed by atoms with van der Waals surface area (Å²) in [5.74, 6) is 0.388. The van der Waals surface area contributed by atoms with Crippen molar-refractivity contribution in [3.8, 4) is 11.7 Å². The first-order valence-electron chi connectivity index (χ1n) is 11.5. The number of methoxy groups -OCH3 is 1. The number of nitrogens with one attached hydrogen (secondary N) is 1. The maximum atomic E-state index is 14.1. The Balaban J connectivity index is 1.58. The molecule has 0 radical (unpaired) electrons. The summed E-state index contributed by atoms with van der Waals surface area (Å²) in [4.78, 5) is 21.4. The van der Waals surface area contributed by atoms with Gasteiger partial charge in [-0.15, -0.1) is 0 Å². The van der Waals surface area contributed by atoms with Gasteiger partial charge >= 0.3 is 0 Å². The van der Waals surface area contributed by atoms with Crippen LogP contribution in [0.2, 0.25) is 0 Å². The Kier molecular flexibility index (Phi) is 6.61. The third kappa shape index (κ3) is 4.65. The van der Waals surface area contributed by atoms with Crippen molar-refractivity contribution >= 4 is 33.0 Å². The second kappa shape index (κ2) is 9.71. The van der Waals surface area contributed by atoms with Crippen LogP contribution in [-0.2, 0) is 14.8 Å². The Morgan fingerprint density at radius 1 is 1.08 bits per heavy atom. The molecule has 12 nitrogen and oxygen atoms in total. The molecule has 0 amide bonds. The van der Waals surface area contributed by atoms with E-state index in [-0.39, 0.29) is 29.2 Å². The summed E-state index contributed by atoms with van der Waals surface area (Å²) in [5.41, 5.74) is 0.634. The van der Waals surface area contributed by atoms with E-state index >= 15 is 0 Å². The number of nitrogens with zero attached hydrogens (tertiary/aromatic N) is 7. The topological polar surface area (TPSA) is 128 Å². The maximum Gasteiger partial charge on any atom is 0.296 e. The number of rotatable bonds is 8. The molecule has 0 atom stereocenters. The highest BCUT2D eigenvalue weighted by Gasteiger charge is 2.33. The average molecular weight is 525 g/mol. The Hall–Kier alpha value is -3.17. The molecule has 0 unspecified atom stereocenters. The van der Waals surface area contributed by atoms with E-state index in [4.69, 9.17) is 9.47 Å². The number of hydrogen-bond acceptors (Lipinski definition) is 10. The van der Waals surface area contributed by atoms with Crippen molar-refractivity contribution in [2.24, 2.45) is 0 Å². The minimum absolute atomic E-state index is 0.00914. The Morgan fingerprint density at radius 2 is 1.75 bits per heavy atom. The first-order valence-corrected chi connectivity index (χ1v) is 13.1. The number of morpholine rings is 1. The van der Waals surface area contributed by atoms with E-state index in [1.54, 1.807) is 30.0 Å². The lowest BCUT2D eigenvalue weighted by atomic mass is 10.1. The third-order valence-corrected chi connectivity index (χ3v) is 7.53. The summed E-state index contributed by atoms with van der Waals surface area (Å²) in [7, 11) is -1.91. The molecule has 194 valence electrons. The largest absolute Gasteiger partial charge is 0.494 e. The number of anilines is 2. The number of alkyl halides is 2. The van der Waals surface area contributed by atoms with E-state index in [2.05, 4.69) is 24.7 Å². The molecule has 2 aliphatic heterocycles. The van der Waals surface area contributed by atoms with Crippen molar-refractivity contribution in [2.75, 3.05) is 62.1 Å².